The zero-order chi connectivity index (χ0) is 8.81. The Morgan fingerprint density at radius 3 is 3.08 bits per heavy atom. The van der Waals surface area contributed by atoms with Crippen molar-refractivity contribution < 1.29 is 0 Å². The fourth-order valence-corrected chi connectivity index (χ4v) is 1.59. The lowest BCUT2D eigenvalue weighted by atomic mass is 10.2. The van der Waals surface area contributed by atoms with Crippen molar-refractivity contribution in [3.63, 3.8) is 0 Å². The second-order valence-corrected chi connectivity index (χ2v) is 3.44. The van der Waals surface area contributed by atoms with E-state index in [0.717, 1.165) is 13.0 Å². The van der Waals surface area contributed by atoms with Gasteiger partial charge in [-0.3, -0.25) is 4.99 Å². The predicted octanol–water partition coefficient (Wildman–Crippen LogP) is 1.89. The summed E-state index contributed by atoms with van der Waals surface area (Å²) in [7, 11) is 0. The maximum absolute atomic E-state index is 5.46. The maximum Gasteiger partial charge on any atom is 0.109 e. The third-order valence-electron chi connectivity index (χ3n) is 1.43. The van der Waals surface area contributed by atoms with Crippen molar-refractivity contribution in [3.8, 4) is 0 Å². The van der Waals surface area contributed by atoms with E-state index in [9.17, 15) is 0 Å². The summed E-state index contributed by atoms with van der Waals surface area (Å²) in [6, 6.07) is 2.09. The molecule has 4 heteroatoms. The molecule has 66 valence electrons. The minimum absolute atomic E-state index is 0.323. The van der Waals surface area contributed by atoms with Gasteiger partial charge in [-0.25, -0.2) is 0 Å². The molecule has 0 bridgehead atoms. The number of nitrogens with zero attached hydrogens (tertiary/aromatic N) is 1. The minimum atomic E-state index is 0.323. The lowest BCUT2D eigenvalue weighted by molar-refractivity contribution is 0.970. The summed E-state index contributed by atoms with van der Waals surface area (Å²) in [5.74, 6) is 0.843. The van der Waals surface area contributed by atoms with Crippen LogP contribution in [-0.2, 0) is 6.42 Å². The van der Waals surface area contributed by atoms with Crippen molar-refractivity contribution >= 4 is 28.8 Å². The van der Waals surface area contributed by atoms with Crippen LogP contribution in [0.4, 0.5) is 0 Å². The molecule has 0 saturated carbocycles. The number of aliphatic imine (C=N–C) groups is 1. The number of halogens is 1. The van der Waals surface area contributed by atoms with Crippen LogP contribution in [0.3, 0.4) is 0 Å². The van der Waals surface area contributed by atoms with Gasteiger partial charge in [-0.1, -0.05) is 0 Å². The third-order valence-corrected chi connectivity index (χ3v) is 2.44. The van der Waals surface area contributed by atoms with E-state index >= 15 is 0 Å². The highest BCUT2D eigenvalue weighted by molar-refractivity contribution is 7.07. The Kier molecular flexibility index (Phi) is 4.11. The van der Waals surface area contributed by atoms with E-state index in [1.54, 1.807) is 11.3 Å². The van der Waals surface area contributed by atoms with Gasteiger partial charge in [0, 0.05) is 6.54 Å². The number of rotatable bonds is 4. The third kappa shape index (κ3) is 3.24. The van der Waals surface area contributed by atoms with Gasteiger partial charge in [-0.05, 0) is 28.8 Å². The molecule has 0 radical (unpaired) electrons. The van der Waals surface area contributed by atoms with Gasteiger partial charge in [0.15, 0.2) is 0 Å². The Labute approximate surface area is 81.1 Å². The second-order valence-electron chi connectivity index (χ2n) is 2.39. The summed E-state index contributed by atoms with van der Waals surface area (Å²) in [6.45, 7) is 0.731. The molecule has 0 unspecified atom stereocenters. The molecular weight excluding hydrogens is 192 g/mol. The van der Waals surface area contributed by atoms with Crippen LogP contribution >= 0.6 is 22.9 Å². The molecule has 0 amide bonds. The van der Waals surface area contributed by atoms with Gasteiger partial charge in [0.1, 0.15) is 5.84 Å². The number of amidine groups is 1. The molecule has 0 aliphatic heterocycles. The summed E-state index contributed by atoms with van der Waals surface area (Å²) in [6.07, 6.45) is 0.946. The summed E-state index contributed by atoms with van der Waals surface area (Å²) in [5.41, 5.74) is 6.74. The number of thiophene rings is 1. The summed E-state index contributed by atoms with van der Waals surface area (Å²) in [5, 5.41) is 4.18. The quantitative estimate of drug-likeness (QED) is 0.452. The summed E-state index contributed by atoms with van der Waals surface area (Å²) < 4.78 is 0. The van der Waals surface area contributed by atoms with E-state index in [4.69, 9.17) is 17.3 Å². The Hall–Kier alpha value is -0.540. The van der Waals surface area contributed by atoms with Crippen LogP contribution in [0, 0.1) is 0 Å². The van der Waals surface area contributed by atoms with Crippen molar-refractivity contribution in [1.82, 2.24) is 0 Å². The molecule has 1 heterocycles. The van der Waals surface area contributed by atoms with Crippen molar-refractivity contribution in [2.75, 3.05) is 12.4 Å². The van der Waals surface area contributed by atoms with Gasteiger partial charge >= 0.3 is 0 Å². The van der Waals surface area contributed by atoms with Crippen molar-refractivity contribution in [1.29, 1.82) is 0 Å². The molecule has 1 rings (SSSR count). The van der Waals surface area contributed by atoms with Gasteiger partial charge in [-0.15, -0.1) is 11.6 Å². The average Bonchev–Trinajstić information content (AvgIpc) is 2.57. The van der Waals surface area contributed by atoms with Crippen molar-refractivity contribution in [2.45, 2.75) is 6.42 Å². The van der Waals surface area contributed by atoms with Gasteiger partial charge in [-0.2, -0.15) is 11.3 Å². The second kappa shape index (κ2) is 5.17. The Morgan fingerprint density at radius 1 is 1.67 bits per heavy atom. The predicted molar refractivity (Wildman–Crippen MR) is 55.2 cm³/mol. The molecule has 1 aromatic heterocycles. The summed E-state index contributed by atoms with van der Waals surface area (Å²) in [4.78, 5) is 4.08. The van der Waals surface area contributed by atoms with Crippen LogP contribution in [0.5, 0.6) is 0 Å². The van der Waals surface area contributed by atoms with Crippen molar-refractivity contribution in [3.05, 3.63) is 22.4 Å². The highest BCUT2D eigenvalue weighted by atomic mass is 35.5. The number of alkyl halides is 1. The van der Waals surface area contributed by atoms with Gasteiger partial charge in [0.25, 0.3) is 0 Å². The molecule has 0 aliphatic rings. The zero-order valence-corrected chi connectivity index (χ0v) is 8.24. The normalized spacial score (nSPS) is 11.9. The SMILES string of the molecule is NC(CCl)=NCCc1ccsc1. The van der Waals surface area contributed by atoms with Crippen LogP contribution < -0.4 is 5.73 Å². The van der Waals surface area contributed by atoms with Gasteiger partial charge in [0.2, 0.25) is 0 Å². The van der Waals surface area contributed by atoms with Crippen LogP contribution in [-0.4, -0.2) is 18.3 Å². The first-order valence-corrected chi connectivity index (χ1v) is 5.16. The minimum Gasteiger partial charge on any atom is -0.386 e. The number of hydrogen-bond acceptors (Lipinski definition) is 2. The molecular formula is C8H11ClN2S. The van der Waals surface area contributed by atoms with E-state index in [2.05, 4.69) is 21.8 Å². The van der Waals surface area contributed by atoms with Gasteiger partial charge < -0.3 is 5.73 Å². The largest absolute Gasteiger partial charge is 0.386 e. The molecule has 0 atom stereocenters. The number of hydrogen-bond donors (Lipinski definition) is 1. The average molecular weight is 203 g/mol. The maximum atomic E-state index is 5.46. The molecule has 2 nitrogen and oxygen atoms in total. The fourth-order valence-electron chi connectivity index (χ4n) is 0.806. The molecule has 0 fully saturated rings. The molecule has 12 heavy (non-hydrogen) atoms. The molecule has 2 N–H and O–H groups in total. The first-order chi connectivity index (χ1) is 5.83. The summed E-state index contributed by atoms with van der Waals surface area (Å²) >= 11 is 7.16. The van der Waals surface area contributed by atoms with Crippen LogP contribution in [0.25, 0.3) is 0 Å². The first kappa shape index (κ1) is 9.55. The molecule has 0 saturated heterocycles. The van der Waals surface area contributed by atoms with E-state index in [0.29, 0.717) is 11.7 Å². The van der Waals surface area contributed by atoms with Crippen molar-refractivity contribution in [2.24, 2.45) is 10.7 Å². The van der Waals surface area contributed by atoms with Crippen LogP contribution in [0.1, 0.15) is 5.56 Å². The topological polar surface area (TPSA) is 38.4 Å². The van der Waals surface area contributed by atoms with E-state index in [1.807, 2.05) is 0 Å². The standard InChI is InChI=1S/C8H11ClN2S/c9-5-8(10)11-3-1-7-2-4-12-6-7/h2,4,6H,1,3,5H2,(H2,10,11). The van der Waals surface area contributed by atoms with E-state index in [-0.39, 0.29) is 0 Å². The Balaban J connectivity index is 2.28. The zero-order valence-electron chi connectivity index (χ0n) is 6.66. The lowest BCUT2D eigenvalue weighted by Gasteiger charge is -1.94. The molecule has 0 aromatic carbocycles. The highest BCUT2D eigenvalue weighted by Crippen LogP contribution is 2.06. The molecule has 1 aromatic rings. The highest BCUT2D eigenvalue weighted by Gasteiger charge is 1.92. The van der Waals surface area contributed by atoms with Crippen LogP contribution in [0.15, 0.2) is 21.8 Å². The smallest absolute Gasteiger partial charge is 0.109 e. The van der Waals surface area contributed by atoms with Crippen LogP contribution in [0.2, 0.25) is 0 Å². The fraction of sp³-hybridized carbons (Fsp3) is 0.375. The van der Waals surface area contributed by atoms with E-state index in [1.165, 1.54) is 5.56 Å². The van der Waals surface area contributed by atoms with Gasteiger partial charge in [0.05, 0.1) is 5.88 Å². The molecule has 0 spiro atoms. The molecule has 0 aliphatic carbocycles. The monoisotopic (exact) mass is 202 g/mol. The Bertz CT molecular complexity index is 244. The first-order valence-electron chi connectivity index (χ1n) is 3.68. The lowest BCUT2D eigenvalue weighted by Crippen LogP contribution is -2.13. The Morgan fingerprint density at radius 2 is 2.50 bits per heavy atom. The number of nitrogens with two attached hydrogens (primary N) is 1. The van der Waals surface area contributed by atoms with E-state index < -0.39 is 0 Å².